The molecule has 1 aromatic carbocycles. The fourth-order valence-electron chi connectivity index (χ4n) is 2.96. The molecule has 0 saturated heterocycles. The van der Waals surface area contributed by atoms with E-state index >= 15 is 0 Å². The predicted octanol–water partition coefficient (Wildman–Crippen LogP) is 2.41. The summed E-state index contributed by atoms with van der Waals surface area (Å²) >= 11 is 0. The zero-order valence-corrected chi connectivity index (χ0v) is 14.3. The van der Waals surface area contributed by atoms with Crippen molar-refractivity contribution in [2.45, 2.75) is 38.1 Å². The van der Waals surface area contributed by atoms with Gasteiger partial charge in [-0.15, -0.1) is 0 Å². The van der Waals surface area contributed by atoms with Gasteiger partial charge >= 0.3 is 5.97 Å². The van der Waals surface area contributed by atoms with E-state index in [1.165, 1.54) is 7.11 Å². The minimum atomic E-state index is -0.306. The SMILES string of the molecule is COC(=O)CCN(C(=O)COc1cccc(OC)c1)C1CCCC1. The van der Waals surface area contributed by atoms with Crippen LogP contribution in [-0.2, 0) is 14.3 Å². The number of hydrogen-bond acceptors (Lipinski definition) is 5. The van der Waals surface area contributed by atoms with Gasteiger partial charge in [-0.05, 0) is 25.0 Å². The van der Waals surface area contributed by atoms with Gasteiger partial charge in [0.15, 0.2) is 6.61 Å². The predicted molar refractivity (Wildman–Crippen MR) is 89.1 cm³/mol. The van der Waals surface area contributed by atoms with Crippen LogP contribution in [0, 0.1) is 0 Å². The first-order valence-corrected chi connectivity index (χ1v) is 8.27. The van der Waals surface area contributed by atoms with Gasteiger partial charge in [0.25, 0.3) is 5.91 Å². The molecule has 0 N–H and O–H groups in total. The summed E-state index contributed by atoms with van der Waals surface area (Å²) in [6.07, 6.45) is 4.39. The molecule has 0 radical (unpaired) electrons. The lowest BCUT2D eigenvalue weighted by molar-refractivity contribution is -0.142. The number of carbonyl (C=O) groups excluding carboxylic acids is 2. The third-order valence-corrected chi connectivity index (χ3v) is 4.27. The van der Waals surface area contributed by atoms with Crippen molar-refractivity contribution in [1.29, 1.82) is 0 Å². The second-order valence-corrected chi connectivity index (χ2v) is 5.82. The number of carbonyl (C=O) groups is 2. The van der Waals surface area contributed by atoms with Crippen LogP contribution >= 0.6 is 0 Å². The third kappa shape index (κ3) is 5.15. The molecule has 1 amide bonds. The smallest absolute Gasteiger partial charge is 0.307 e. The molecule has 6 nitrogen and oxygen atoms in total. The average Bonchev–Trinajstić information content (AvgIpc) is 3.14. The molecule has 0 atom stereocenters. The molecule has 1 fully saturated rings. The number of hydrogen-bond donors (Lipinski definition) is 0. The quantitative estimate of drug-likeness (QED) is 0.683. The number of esters is 1. The molecule has 1 aromatic rings. The summed E-state index contributed by atoms with van der Waals surface area (Å²) in [5.41, 5.74) is 0. The first-order chi connectivity index (χ1) is 11.6. The van der Waals surface area contributed by atoms with E-state index in [1.807, 2.05) is 12.1 Å². The minimum absolute atomic E-state index is 0.0508. The molecule has 0 aliphatic heterocycles. The van der Waals surface area contributed by atoms with Crippen LogP contribution in [0.4, 0.5) is 0 Å². The Kier molecular flexibility index (Phi) is 6.90. The van der Waals surface area contributed by atoms with E-state index in [2.05, 4.69) is 4.74 Å². The molecule has 0 spiro atoms. The summed E-state index contributed by atoms with van der Waals surface area (Å²) in [5, 5.41) is 0. The Morgan fingerprint density at radius 1 is 1.17 bits per heavy atom. The summed E-state index contributed by atoms with van der Waals surface area (Å²) in [6.45, 7) is 0.322. The second kappa shape index (κ2) is 9.15. The molecule has 6 heteroatoms. The molecule has 1 aliphatic carbocycles. The molecule has 1 aliphatic rings. The molecule has 0 unspecified atom stereocenters. The highest BCUT2D eigenvalue weighted by Crippen LogP contribution is 2.24. The number of methoxy groups -OCH3 is 2. The van der Waals surface area contributed by atoms with Gasteiger partial charge in [0.2, 0.25) is 0 Å². The third-order valence-electron chi connectivity index (χ3n) is 4.27. The average molecular weight is 335 g/mol. The Morgan fingerprint density at radius 3 is 2.54 bits per heavy atom. The van der Waals surface area contributed by atoms with E-state index in [9.17, 15) is 9.59 Å². The van der Waals surface area contributed by atoms with Crippen molar-refractivity contribution >= 4 is 11.9 Å². The summed E-state index contributed by atoms with van der Waals surface area (Å²) in [6, 6.07) is 7.34. The van der Waals surface area contributed by atoms with Crippen molar-refractivity contribution in [3.63, 3.8) is 0 Å². The molecule has 0 aromatic heterocycles. The monoisotopic (exact) mass is 335 g/mol. The topological polar surface area (TPSA) is 65.1 Å². The number of amides is 1. The Bertz CT molecular complexity index is 554. The lowest BCUT2D eigenvalue weighted by Gasteiger charge is -2.28. The van der Waals surface area contributed by atoms with Crippen molar-refractivity contribution < 1.29 is 23.8 Å². The van der Waals surface area contributed by atoms with Crippen LogP contribution in [0.25, 0.3) is 0 Å². The largest absolute Gasteiger partial charge is 0.497 e. The molecular formula is C18H25NO5. The Labute approximate surface area is 142 Å². The highest BCUT2D eigenvalue weighted by atomic mass is 16.5. The standard InChI is InChI=1S/C18H25NO5/c1-22-15-8-5-9-16(12-15)24-13-17(20)19(11-10-18(21)23-2)14-6-3-4-7-14/h5,8-9,12,14H,3-4,6-7,10-11,13H2,1-2H3. The van der Waals surface area contributed by atoms with Crippen molar-refractivity contribution in [3.8, 4) is 11.5 Å². The molecule has 1 saturated carbocycles. The fraction of sp³-hybridized carbons (Fsp3) is 0.556. The van der Waals surface area contributed by atoms with E-state index < -0.39 is 0 Å². The van der Waals surface area contributed by atoms with Crippen LogP contribution in [0.3, 0.4) is 0 Å². The first kappa shape index (κ1) is 18.1. The zero-order chi connectivity index (χ0) is 17.4. The fourth-order valence-corrected chi connectivity index (χ4v) is 2.96. The molecule has 0 bridgehead atoms. The highest BCUT2D eigenvalue weighted by Gasteiger charge is 2.27. The van der Waals surface area contributed by atoms with Gasteiger partial charge in [-0.1, -0.05) is 18.9 Å². The van der Waals surface area contributed by atoms with Crippen LogP contribution < -0.4 is 9.47 Å². The van der Waals surface area contributed by atoms with Crippen LogP contribution in [-0.4, -0.2) is 50.2 Å². The molecule has 0 heterocycles. The van der Waals surface area contributed by atoms with E-state index in [1.54, 1.807) is 24.1 Å². The number of rotatable bonds is 8. The first-order valence-electron chi connectivity index (χ1n) is 8.27. The number of nitrogens with zero attached hydrogens (tertiary/aromatic N) is 1. The van der Waals surface area contributed by atoms with Crippen molar-refractivity contribution in [3.05, 3.63) is 24.3 Å². The minimum Gasteiger partial charge on any atom is -0.497 e. The molecular weight excluding hydrogens is 310 g/mol. The normalized spacial score (nSPS) is 14.2. The lowest BCUT2D eigenvalue weighted by Crippen LogP contribution is -2.42. The maximum atomic E-state index is 12.6. The van der Waals surface area contributed by atoms with Crippen LogP contribution in [0.15, 0.2) is 24.3 Å². The van der Waals surface area contributed by atoms with Crippen molar-refractivity contribution in [2.75, 3.05) is 27.4 Å². The van der Waals surface area contributed by atoms with Gasteiger partial charge in [-0.3, -0.25) is 9.59 Å². The zero-order valence-electron chi connectivity index (χ0n) is 14.3. The van der Waals surface area contributed by atoms with E-state index in [0.29, 0.717) is 18.0 Å². The summed E-state index contributed by atoms with van der Waals surface area (Å²) in [5.74, 6) is 0.855. The van der Waals surface area contributed by atoms with E-state index in [0.717, 1.165) is 25.7 Å². The van der Waals surface area contributed by atoms with Crippen molar-refractivity contribution in [2.24, 2.45) is 0 Å². The van der Waals surface area contributed by atoms with Crippen LogP contribution in [0.2, 0.25) is 0 Å². The maximum Gasteiger partial charge on any atom is 0.307 e. The summed E-state index contributed by atoms with van der Waals surface area (Å²) < 4.78 is 15.4. The van der Waals surface area contributed by atoms with E-state index in [-0.39, 0.29) is 30.9 Å². The van der Waals surface area contributed by atoms with E-state index in [4.69, 9.17) is 9.47 Å². The Morgan fingerprint density at radius 2 is 1.88 bits per heavy atom. The van der Waals surface area contributed by atoms with Gasteiger partial charge in [0, 0.05) is 18.7 Å². The van der Waals surface area contributed by atoms with Gasteiger partial charge < -0.3 is 19.1 Å². The summed E-state index contributed by atoms with van der Waals surface area (Å²) in [4.78, 5) is 25.7. The number of ether oxygens (including phenoxy) is 3. The highest BCUT2D eigenvalue weighted by molar-refractivity contribution is 5.79. The second-order valence-electron chi connectivity index (χ2n) is 5.82. The van der Waals surface area contributed by atoms with Crippen LogP contribution in [0.5, 0.6) is 11.5 Å². The molecule has 132 valence electrons. The Balaban J connectivity index is 1.94. The molecule has 2 rings (SSSR count). The van der Waals surface area contributed by atoms with Gasteiger partial charge in [0.05, 0.1) is 20.6 Å². The van der Waals surface area contributed by atoms with Gasteiger partial charge in [-0.25, -0.2) is 0 Å². The summed E-state index contributed by atoms with van der Waals surface area (Å²) in [7, 11) is 2.94. The Hall–Kier alpha value is -2.24. The van der Waals surface area contributed by atoms with Crippen molar-refractivity contribution in [1.82, 2.24) is 4.90 Å². The van der Waals surface area contributed by atoms with Gasteiger partial charge in [0.1, 0.15) is 11.5 Å². The molecule has 24 heavy (non-hydrogen) atoms. The number of benzene rings is 1. The lowest BCUT2D eigenvalue weighted by atomic mass is 10.2. The maximum absolute atomic E-state index is 12.6. The van der Waals surface area contributed by atoms with Gasteiger partial charge in [-0.2, -0.15) is 0 Å². The van der Waals surface area contributed by atoms with Crippen LogP contribution in [0.1, 0.15) is 32.1 Å².